The van der Waals surface area contributed by atoms with Crippen molar-refractivity contribution in [3.8, 4) is 0 Å². The third-order valence-electron chi connectivity index (χ3n) is 4.64. The molecule has 5 nitrogen and oxygen atoms in total. The van der Waals surface area contributed by atoms with E-state index >= 15 is 0 Å². The first-order chi connectivity index (χ1) is 12.6. The van der Waals surface area contributed by atoms with E-state index in [1.54, 1.807) is 29.3 Å². The lowest BCUT2D eigenvalue weighted by atomic mass is 10.1. The van der Waals surface area contributed by atoms with Gasteiger partial charge in [0.1, 0.15) is 17.0 Å². The average molecular weight is 350 g/mol. The molecule has 1 N–H and O–H groups in total. The van der Waals surface area contributed by atoms with Crippen LogP contribution in [0.1, 0.15) is 22.6 Å². The monoisotopic (exact) mass is 350 g/mol. The van der Waals surface area contributed by atoms with Gasteiger partial charge in [-0.05, 0) is 37.6 Å². The van der Waals surface area contributed by atoms with Gasteiger partial charge in [0.25, 0.3) is 5.91 Å². The molecule has 132 valence electrons. The summed E-state index contributed by atoms with van der Waals surface area (Å²) in [5.74, 6) is -0.385. The number of fused-ring (bicyclic) bond motifs is 1. The molecule has 6 heteroatoms. The number of halogens is 1. The largest absolute Gasteiger partial charge is 0.380 e. The number of carbonyl (C=O) groups excluding carboxylic acids is 1. The first-order valence-corrected chi connectivity index (χ1v) is 8.64. The molecule has 1 amide bonds. The molecule has 1 aliphatic heterocycles. The lowest BCUT2D eigenvalue weighted by Crippen LogP contribution is -2.32. The van der Waals surface area contributed by atoms with Gasteiger partial charge in [0.05, 0.1) is 0 Å². The summed E-state index contributed by atoms with van der Waals surface area (Å²) < 4.78 is 14.1. The number of amides is 1. The van der Waals surface area contributed by atoms with Crippen molar-refractivity contribution in [2.24, 2.45) is 0 Å². The fraction of sp³-hybridized carbons (Fsp3) is 0.250. The zero-order valence-electron chi connectivity index (χ0n) is 14.4. The lowest BCUT2D eigenvalue weighted by Gasteiger charge is -2.18. The van der Waals surface area contributed by atoms with E-state index in [0.717, 1.165) is 23.2 Å². The minimum absolute atomic E-state index is 0.0586. The molecule has 1 aliphatic rings. The number of aromatic nitrogens is 2. The number of aryl methyl sites for hydroxylation is 1. The van der Waals surface area contributed by atoms with Gasteiger partial charge in [0, 0.05) is 42.1 Å². The summed E-state index contributed by atoms with van der Waals surface area (Å²) in [4.78, 5) is 22.8. The fourth-order valence-electron chi connectivity index (χ4n) is 3.39. The summed E-state index contributed by atoms with van der Waals surface area (Å²) in [5.41, 5.74) is 2.43. The number of carbonyl (C=O) groups is 1. The zero-order chi connectivity index (χ0) is 18.1. The standard InChI is InChI=1S/C20H19FN4O/c1-13-11-18(15-5-4-6-16(21)19(15)23-13)24-14-8-10-25(12-14)20(26)17-7-2-3-9-22-17/h2-7,9,11,14H,8,10,12H2,1H3,(H,23,24). The molecule has 0 radical (unpaired) electrons. The van der Waals surface area contributed by atoms with Gasteiger partial charge >= 0.3 is 0 Å². The Kier molecular flexibility index (Phi) is 4.24. The van der Waals surface area contributed by atoms with Crippen molar-refractivity contribution in [2.75, 3.05) is 18.4 Å². The SMILES string of the molecule is Cc1cc(NC2CCN(C(=O)c3ccccn3)C2)c2cccc(F)c2n1. The van der Waals surface area contributed by atoms with Gasteiger partial charge in [-0.15, -0.1) is 0 Å². The molecule has 26 heavy (non-hydrogen) atoms. The number of pyridine rings is 2. The van der Waals surface area contributed by atoms with Gasteiger partial charge < -0.3 is 10.2 Å². The van der Waals surface area contributed by atoms with Crippen molar-refractivity contribution in [2.45, 2.75) is 19.4 Å². The van der Waals surface area contributed by atoms with Crippen molar-refractivity contribution in [1.29, 1.82) is 0 Å². The lowest BCUT2D eigenvalue weighted by molar-refractivity contribution is 0.0786. The van der Waals surface area contributed by atoms with Crippen molar-refractivity contribution < 1.29 is 9.18 Å². The topological polar surface area (TPSA) is 58.1 Å². The van der Waals surface area contributed by atoms with E-state index in [9.17, 15) is 9.18 Å². The first-order valence-electron chi connectivity index (χ1n) is 8.64. The number of likely N-dealkylation sites (tertiary alicyclic amines) is 1. The number of hydrogen-bond donors (Lipinski definition) is 1. The smallest absolute Gasteiger partial charge is 0.272 e. The molecular formula is C20H19FN4O. The van der Waals surface area contributed by atoms with Crippen molar-refractivity contribution >= 4 is 22.5 Å². The Labute approximate surface area is 150 Å². The molecule has 0 spiro atoms. The Morgan fingerprint density at radius 3 is 2.96 bits per heavy atom. The van der Waals surface area contributed by atoms with Crippen LogP contribution in [0.15, 0.2) is 48.7 Å². The van der Waals surface area contributed by atoms with Gasteiger partial charge in [0.2, 0.25) is 0 Å². The third-order valence-corrected chi connectivity index (χ3v) is 4.64. The second kappa shape index (κ2) is 6.71. The van der Waals surface area contributed by atoms with Gasteiger partial charge in [-0.1, -0.05) is 18.2 Å². The van der Waals surface area contributed by atoms with Crippen LogP contribution in [0.3, 0.4) is 0 Å². The molecular weight excluding hydrogens is 331 g/mol. The fourth-order valence-corrected chi connectivity index (χ4v) is 3.39. The Morgan fingerprint density at radius 2 is 2.15 bits per heavy atom. The number of para-hydroxylation sites is 1. The maximum atomic E-state index is 14.1. The minimum Gasteiger partial charge on any atom is -0.380 e. The van der Waals surface area contributed by atoms with E-state index in [1.165, 1.54) is 6.07 Å². The van der Waals surface area contributed by atoms with Crippen LogP contribution in [-0.2, 0) is 0 Å². The maximum absolute atomic E-state index is 14.1. The van der Waals surface area contributed by atoms with Gasteiger partial charge in [0.15, 0.2) is 0 Å². The molecule has 3 aromatic rings. The first kappa shape index (κ1) is 16.4. The van der Waals surface area contributed by atoms with Gasteiger partial charge in [-0.2, -0.15) is 0 Å². The number of nitrogens with zero attached hydrogens (tertiary/aromatic N) is 3. The van der Waals surface area contributed by atoms with Crippen molar-refractivity contribution in [3.05, 3.63) is 65.9 Å². The highest BCUT2D eigenvalue weighted by atomic mass is 19.1. The molecule has 0 saturated carbocycles. The molecule has 1 fully saturated rings. The normalized spacial score (nSPS) is 16.8. The number of nitrogens with one attached hydrogen (secondary N) is 1. The second-order valence-corrected chi connectivity index (χ2v) is 6.54. The number of anilines is 1. The van der Waals surface area contributed by atoms with E-state index in [4.69, 9.17) is 0 Å². The number of hydrogen-bond acceptors (Lipinski definition) is 4. The van der Waals surface area contributed by atoms with Crippen LogP contribution in [0.2, 0.25) is 0 Å². The molecule has 3 heterocycles. The summed E-state index contributed by atoms with van der Waals surface area (Å²) in [7, 11) is 0. The van der Waals surface area contributed by atoms with Gasteiger partial charge in [-0.3, -0.25) is 9.78 Å². The van der Waals surface area contributed by atoms with Crippen LogP contribution in [0, 0.1) is 12.7 Å². The van der Waals surface area contributed by atoms with Crippen LogP contribution in [0.25, 0.3) is 10.9 Å². The third kappa shape index (κ3) is 3.10. The molecule has 1 atom stereocenters. The highest BCUT2D eigenvalue weighted by molar-refractivity contribution is 5.93. The summed E-state index contributed by atoms with van der Waals surface area (Å²) in [6.07, 6.45) is 2.45. The van der Waals surface area contributed by atoms with Crippen LogP contribution in [0.4, 0.5) is 10.1 Å². The number of rotatable bonds is 3. The van der Waals surface area contributed by atoms with Gasteiger partial charge in [-0.25, -0.2) is 9.37 Å². The Bertz CT molecular complexity index is 961. The van der Waals surface area contributed by atoms with E-state index in [1.807, 2.05) is 25.1 Å². The molecule has 0 bridgehead atoms. The van der Waals surface area contributed by atoms with Crippen molar-refractivity contribution in [1.82, 2.24) is 14.9 Å². The Hall–Kier alpha value is -3.02. The molecule has 1 aromatic carbocycles. The molecule has 0 aliphatic carbocycles. The molecule has 4 rings (SSSR count). The highest BCUT2D eigenvalue weighted by Gasteiger charge is 2.27. The van der Waals surface area contributed by atoms with Crippen LogP contribution in [0.5, 0.6) is 0 Å². The Morgan fingerprint density at radius 1 is 1.27 bits per heavy atom. The van der Waals surface area contributed by atoms with E-state index in [0.29, 0.717) is 24.3 Å². The van der Waals surface area contributed by atoms with E-state index in [2.05, 4.69) is 15.3 Å². The van der Waals surface area contributed by atoms with Crippen LogP contribution in [-0.4, -0.2) is 39.9 Å². The summed E-state index contributed by atoms with van der Waals surface area (Å²) in [6, 6.07) is 12.3. The Balaban J connectivity index is 1.54. The summed E-state index contributed by atoms with van der Waals surface area (Å²) in [5, 5.41) is 4.22. The maximum Gasteiger partial charge on any atom is 0.272 e. The molecule has 2 aromatic heterocycles. The van der Waals surface area contributed by atoms with E-state index < -0.39 is 0 Å². The quantitative estimate of drug-likeness (QED) is 0.786. The summed E-state index contributed by atoms with van der Waals surface area (Å²) >= 11 is 0. The molecule has 1 saturated heterocycles. The van der Waals surface area contributed by atoms with Crippen LogP contribution >= 0.6 is 0 Å². The number of benzene rings is 1. The zero-order valence-corrected chi connectivity index (χ0v) is 14.4. The minimum atomic E-state index is -0.326. The average Bonchev–Trinajstić information content (AvgIpc) is 3.11. The van der Waals surface area contributed by atoms with Crippen LogP contribution < -0.4 is 5.32 Å². The van der Waals surface area contributed by atoms with E-state index in [-0.39, 0.29) is 17.8 Å². The second-order valence-electron chi connectivity index (χ2n) is 6.54. The predicted molar refractivity (Wildman–Crippen MR) is 98.6 cm³/mol. The highest BCUT2D eigenvalue weighted by Crippen LogP contribution is 2.27. The van der Waals surface area contributed by atoms with Crippen molar-refractivity contribution in [3.63, 3.8) is 0 Å². The molecule has 1 unspecified atom stereocenters. The summed E-state index contributed by atoms with van der Waals surface area (Å²) in [6.45, 7) is 3.11. The predicted octanol–water partition coefficient (Wildman–Crippen LogP) is 3.40.